The van der Waals surface area contributed by atoms with Crippen molar-refractivity contribution in [3.63, 3.8) is 0 Å². The van der Waals surface area contributed by atoms with Crippen LogP contribution in [0.2, 0.25) is 0 Å². The molecule has 1 aliphatic rings. The van der Waals surface area contributed by atoms with Gasteiger partial charge in [-0.15, -0.1) is 11.3 Å². The van der Waals surface area contributed by atoms with Crippen LogP contribution in [-0.4, -0.2) is 52.0 Å². The molecule has 2 aromatic carbocycles. The minimum Gasteiger partial charge on any atom is -0.402 e. The quantitative estimate of drug-likeness (QED) is 0.144. The van der Waals surface area contributed by atoms with Gasteiger partial charge >= 0.3 is 6.18 Å². The number of aromatic nitrogens is 1. The summed E-state index contributed by atoms with van der Waals surface area (Å²) in [5.74, 6) is -0.886. The van der Waals surface area contributed by atoms with Crippen molar-refractivity contribution in [3.8, 4) is 0 Å². The Morgan fingerprint density at radius 3 is 2.55 bits per heavy atom. The number of aliphatic hydroxyl groups excluding tert-OH is 1. The van der Waals surface area contributed by atoms with Crippen LogP contribution in [-0.2, 0) is 28.7 Å². The minimum atomic E-state index is -4.46. The van der Waals surface area contributed by atoms with Crippen molar-refractivity contribution in [2.24, 2.45) is 5.73 Å². The van der Waals surface area contributed by atoms with E-state index >= 15 is 0 Å². The minimum absolute atomic E-state index is 0.00567. The standard InChI is InChI=1S/C35H40F3N5O3S/c1-22(15-27(16-23(2)39)34(46)43-14-8-13-30(43)33-41-24(3)21-47-33)32(45)42-29(18-25-9-5-4-6-10-25)31(44)20-40-19-26-11-7-12-28(17-26)35(36,37)38/h4-7,9-12,15-17,21,29-31,40,44H,1,8,13-14,18-20,39H2,2-3H3,(H,42,45)/b23-16-,27-15+/t29-,30+,31+/m0/s1. The number of amides is 2. The number of rotatable bonds is 13. The molecule has 1 aromatic heterocycles. The highest BCUT2D eigenvalue weighted by atomic mass is 32.1. The van der Waals surface area contributed by atoms with E-state index < -0.39 is 29.8 Å². The van der Waals surface area contributed by atoms with Gasteiger partial charge in [-0.25, -0.2) is 4.98 Å². The van der Waals surface area contributed by atoms with Crippen molar-refractivity contribution in [3.05, 3.63) is 123 Å². The number of nitrogens with zero attached hydrogens (tertiary/aromatic N) is 2. The lowest BCUT2D eigenvalue weighted by molar-refractivity contribution is -0.137. The van der Waals surface area contributed by atoms with Gasteiger partial charge in [0.2, 0.25) is 0 Å². The molecule has 4 rings (SSSR count). The van der Waals surface area contributed by atoms with Gasteiger partial charge in [-0.05, 0) is 62.5 Å². The van der Waals surface area contributed by atoms with Gasteiger partial charge < -0.3 is 26.4 Å². The largest absolute Gasteiger partial charge is 0.416 e. The van der Waals surface area contributed by atoms with Gasteiger partial charge in [-0.3, -0.25) is 9.59 Å². The molecule has 0 saturated carbocycles. The Labute approximate surface area is 276 Å². The maximum Gasteiger partial charge on any atom is 0.416 e. The van der Waals surface area contributed by atoms with Crippen molar-refractivity contribution in [2.45, 2.75) is 64.0 Å². The maximum atomic E-state index is 13.8. The van der Waals surface area contributed by atoms with Gasteiger partial charge in [0.05, 0.1) is 23.8 Å². The molecule has 3 aromatic rings. The molecule has 2 amide bonds. The number of allylic oxidation sites excluding steroid dienone is 1. The van der Waals surface area contributed by atoms with Gasteiger partial charge in [0.1, 0.15) is 5.01 Å². The first-order valence-corrected chi connectivity index (χ1v) is 16.2. The monoisotopic (exact) mass is 667 g/mol. The van der Waals surface area contributed by atoms with Crippen LogP contribution in [0.3, 0.4) is 0 Å². The lowest BCUT2D eigenvalue weighted by Crippen LogP contribution is -2.49. The molecule has 1 aliphatic heterocycles. The third-order valence-electron chi connectivity index (χ3n) is 7.70. The van der Waals surface area contributed by atoms with Crippen molar-refractivity contribution in [2.75, 3.05) is 13.1 Å². The second-order valence-corrected chi connectivity index (χ2v) is 12.6. The first-order valence-electron chi connectivity index (χ1n) is 15.3. The summed E-state index contributed by atoms with van der Waals surface area (Å²) in [6.07, 6.45) is -0.800. The number of halogens is 3. The topological polar surface area (TPSA) is 121 Å². The molecule has 8 nitrogen and oxygen atoms in total. The summed E-state index contributed by atoms with van der Waals surface area (Å²) in [5, 5.41) is 19.8. The van der Waals surface area contributed by atoms with E-state index in [1.165, 1.54) is 29.6 Å². The Bertz CT molecular complexity index is 1620. The van der Waals surface area contributed by atoms with Crippen molar-refractivity contribution >= 4 is 23.2 Å². The zero-order chi connectivity index (χ0) is 34.1. The van der Waals surface area contributed by atoms with E-state index in [1.807, 2.05) is 42.6 Å². The molecular formula is C35H40F3N5O3S. The van der Waals surface area contributed by atoms with Crippen molar-refractivity contribution in [1.29, 1.82) is 0 Å². The van der Waals surface area contributed by atoms with Gasteiger partial charge in [-0.1, -0.05) is 55.1 Å². The Kier molecular flexibility index (Phi) is 12.1. The van der Waals surface area contributed by atoms with Crippen LogP contribution in [0.4, 0.5) is 13.2 Å². The summed E-state index contributed by atoms with van der Waals surface area (Å²) >= 11 is 1.51. The lowest BCUT2D eigenvalue weighted by atomic mass is 10.00. The van der Waals surface area contributed by atoms with E-state index in [-0.39, 0.29) is 42.6 Å². The van der Waals surface area contributed by atoms with E-state index in [4.69, 9.17) is 5.73 Å². The Morgan fingerprint density at radius 1 is 1.17 bits per heavy atom. The number of carbonyl (C=O) groups excluding carboxylic acids is 2. The fourth-order valence-corrected chi connectivity index (χ4v) is 6.34. The summed E-state index contributed by atoms with van der Waals surface area (Å²) in [6, 6.07) is 13.2. The molecule has 12 heteroatoms. The molecule has 1 saturated heterocycles. The molecule has 0 radical (unpaired) electrons. The molecule has 0 unspecified atom stereocenters. The van der Waals surface area contributed by atoms with Gasteiger partial charge in [-0.2, -0.15) is 13.2 Å². The average Bonchev–Trinajstić information content (AvgIpc) is 3.69. The van der Waals surface area contributed by atoms with Crippen LogP contribution < -0.4 is 16.4 Å². The predicted octanol–water partition coefficient (Wildman–Crippen LogP) is 5.36. The number of carbonyl (C=O) groups is 2. The van der Waals surface area contributed by atoms with Crippen molar-refractivity contribution in [1.82, 2.24) is 20.5 Å². The Morgan fingerprint density at radius 2 is 1.89 bits per heavy atom. The number of hydrogen-bond acceptors (Lipinski definition) is 7. The van der Waals surface area contributed by atoms with E-state index in [2.05, 4.69) is 22.2 Å². The first-order chi connectivity index (χ1) is 22.3. The number of benzene rings is 2. The highest BCUT2D eigenvalue weighted by Gasteiger charge is 2.33. The van der Waals surface area contributed by atoms with Gasteiger partial charge in [0.25, 0.3) is 11.8 Å². The van der Waals surface area contributed by atoms with Crippen LogP contribution in [0.15, 0.2) is 95.6 Å². The van der Waals surface area contributed by atoms with Crippen LogP contribution in [0.1, 0.15) is 53.2 Å². The zero-order valence-electron chi connectivity index (χ0n) is 26.4. The highest BCUT2D eigenvalue weighted by Crippen LogP contribution is 2.35. The van der Waals surface area contributed by atoms with E-state index in [9.17, 15) is 27.9 Å². The summed E-state index contributed by atoms with van der Waals surface area (Å²) < 4.78 is 39.4. The van der Waals surface area contributed by atoms with E-state index in [1.54, 1.807) is 17.9 Å². The molecule has 5 N–H and O–H groups in total. The summed E-state index contributed by atoms with van der Waals surface area (Å²) in [4.78, 5) is 33.5. The fraction of sp³-hybridized carbons (Fsp3) is 0.343. The van der Waals surface area contributed by atoms with Gasteiger partial charge in [0, 0.05) is 47.6 Å². The maximum absolute atomic E-state index is 13.8. The summed E-state index contributed by atoms with van der Waals surface area (Å²) in [7, 11) is 0. The normalized spacial score (nSPS) is 17.0. The molecule has 0 spiro atoms. The number of likely N-dealkylation sites (tertiary alicyclic amines) is 1. The van der Waals surface area contributed by atoms with Crippen LogP contribution in [0.5, 0.6) is 0 Å². The first kappa shape index (κ1) is 35.6. The highest BCUT2D eigenvalue weighted by molar-refractivity contribution is 7.09. The predicted molar refractivity (Wildman–Crippen MR) is 177 cm³/mol. The van der Waals surface area contributed by atoms with E-state index in [0.29, 0.717) is 17.8 Å². The van der Waals surface area contributed by atoms with Gasteiger partial charge in [0.15, 0.2) is 0 Å². The molecule has 1 fully saturated rings. The van der Waals surface area contributed by atoms with Crippen LogP contribution in [0.25, 0.3) is 0 Å². The summed E-state index contributed by atoms with van der Waals surface area (Å²) in [6.45, 7) is 8.07. The molecular weight excluding hydrogens is 627 g/mol. The fourth-order valence-electron chi connectivity index (χ4n) is 5.40. The number of nitrogens with one attached hydrogen (secondary N) is 2. The zero-order valence-corrected chi connectivity index (χ0v) is 27.2. The number of nitrogens with two attached hydrogens (primary N) is 1. The second kappa shape index (κ2) is 16.0. The SMILES string of the molecule is C=C(/C=C(\C=C(\C)N)C(=O)N1CCC[C@@H]1c1nc(C)cs1)C(=O)N[C@@H](Cc1ccccc1)[C@H](O)CNCc1cccc(C(F)(F)F)c1. The molecule has 250 valence electrons. The number of alkyl halides is 3. The number of aliphatic hydroxyl groups is 1. The van der Waals surface area contributed by atoms with Crippen LogP contribution >= 0.6 is 11.3 Å². The average molecular weight is 668 g/mol. The van der Waals surface area contributed by atoms with E-state index in [0.717, 1.165) is 41.2 Å². The Hall–Kier alpha value is -4.26. The van der Waals surface area contributed by atoms with Crippen LogP contribution in [0, 0.1) is 6.92 Å². The molecule has 2 heterocycles. The molecule has 0 aliphatic carbocycles. The molecule has 0 bridgehead atoms. The lowest BCUT2D eigenvalue weighted by Gasteiger charge is -2.26. The number of hydrogen-bond donors (Lipinski definition) is 4. The second-order valence-electron chi connectivity index (χ2n) is 11.7. The third kappa shape index (κ3) is 10.1. The number of thiazole rings is 1. The smallest absolute Gasteiger partial charge is 0.402 e. The Balaban J connectivity index is 1.47. The molecule has 3 atom stereocenters. The molecule has 47 heavy (non-hydrogen) atoms. The number of aryl methyl sites for hydroxylation is 1. The van der Waals surface area contributed by atoms with Crippen molar-refractivity contribution < 1.29 is 27.9 Å². The third-order valence-corrected chi connectivity index (χ3v) is 8.77. The summed E-state index contributed by atoms with van der Waals surface area (Å²) in [5.41, 5.74) is 7.93.